The van der Waals surface area contributed by atoms with E-state index < -0.39 is 22.5 Å². The molecule has 1 aliphatic rings. The van der Waals surface area contributed by atoms with Crippen LogP contribution in [0.4, 0.5) is 5.69 Å². The van der Waals surface area contributed by atoms with Crippen molar-refractivity contribution in [1.82, 2.24) is 10.2 Å². The molecular formula is C27H29Cl2N3O3S. The highest BCUT2D eigenvalue weighted by Gasteiger charge is 2.29. The monoisotopic (exact) mass is 545 g/mol. The molecular weight excluding hydrogens is 517 g/mol. The van der Waals surface area contributed by atoms with Gasteiger partial charge in [-0.1, -0.05) is 65.2 Å². The van der Waals surface area contributed by atoms with Gasteiger partial charge >= 0.3 is 0 Å². The Balaban J connectivity index is 1.55. The molecule has 0 aliphatic carbocycles. The summed E-state index contributed by atoms with van der Waals surface area (Å²) in [5, 5.41) is 3.39. The van der Waals surface area contributed by atoms with Crippen LogP contribution in [0, 0.1) is 6.92 Å². The highest BCUT2D eigenvalue weighted by Crippen LogP contribution is 2.33. The van der Waals surface area contributed by atoms with Crippen LogP contribution in [0.15, 0.2) is 71.6 Å². The molecule has 0 atom stereocenters. The molecule has 190 valence electrons. The Kier molecular flexibility index (Phi) is 8.57. The Morgan fingerprint density at radius 2 is 1.64 bits per heavy atom. The predicted molar refractivity (Wildman–Crippen MR) is 145 cm³/mol. The van der Waals surface area contributed by atoms with E-state index in [2.05, 4.69) is 16.3 Å². The van der Waals surface area contributed by atoms with Gasteiger partial charge in [0.15, 0.2) is 0 Å². The minimum Gasteiger partial charge on any atom is -0.350 e. The van der Waals surface area contributed by atoms with E-state index in [9.17, 15) is 13.2 Å². The van der Waals surface area contributed by atoms with Crippen LogP contribution in [-0.4, -0.2) is 38.9 Å². The van der Waals surface area contributed by atoms with E-state index in [1.807, 2.05) is 25.1 Å². The smallest absolute Gasteiger partial charge is 0.264 e. The first-order valence-electron chi connectivity index (χ1n) is 11.8. The molecule has 0 radical (unpaired) electrons. The standard InChI is InChI=1S/C27H29Cl2N3O3S/c1-20-8-11-24(12-9-20)36(34,35)32(26-16-23(28)10-13-25(26)29)19-27(33)30-17-21-6-2-3-7-22(21)18-31-14-4-5-15-31/h2-3,6-13,16H,4-5,14-15,17-19H2,1H3,(H,30,33). The Labute approximate surface area is 222 Å². The predicted octanol–water partition coefficient (Wildman–Crippen LogP) is 5.41. The second kappa shape index (κ2) is 11.6. The number of anilines is 1. The normalized spacial score (nSPS) is 14.1. The summed E-state index contributed by atoms with van der Waals surface area (Å²) in [4.78, 5) is 15.5. The van der Waals surface area contributed by atoms with Crippen LogP contribution in [0.2, 0.25) is 10.0 Å². The molecule has 0 aromatic heterocycles. The number of benzene rings is 3. The quantitative estimate of drug-likeness (QED) is 0.390. The molecule has 3 aromatic rings. The lowest BCUT2D eigenvalue weighted by Gasteiger charge is -2.25. The van der Waals surface area contributed by atoms with E-state index in [0.717, 1.165) is 40.6 Å². The molecule has 0 saturated carbocycles. The van der Waals surface area contributed by atoms with Crippen LogP contribution in [0.25, 0.3) is 0 Å². The number of nitrogens with zero attached hydrogens (tertiary/aromatic N) is 2. The van der Waals surface area contributed by atoms with Crippen molar-refractivity contribution in [2.24, 2.45) is 0 Å². The van der Waals surface area contributed by atoms with Gasteiger partial charge in [0.05, 0.1) is 15.6 Å². The molecule has 4 rings (SSSR count). The van der Waals surface area contributed by atoms with Gasteiger partial charge in [0.1, 0.15) is 6.54 Å². The van der Waals surface area contributed by atoms with Crippen molar-refractivity contribution in [3.05, 3.63) is 93.5 Å². The third kappa shape index (κ3) is 6.40. The Morgan fingerprint density at radius 1 is 0.972 bits per heavy atom. The topological polar surface area (TPSA) is 69.7 Å². The lowest BCUT2D eigenvalue weighted by Crippen LogP contribution is -2.41. The van der Waals surface area contributed by atoms with Gasteiger partial charge in [-0.3, -0.25) is 14.0 Å². The molecule has 1 N–H and O–H groups in total. The van der Waals surface area contributed by atoms with Gasteiger partial charge in [-0.2, -0.15) is 0 Å². The SMILES string of the molecule is Cc1ccc(S(=O)(=O)N(CC(=O)NCc2ccccc2CN2CCCC2)c2cc(Cl)ccc2Cl)cc1. The molecule has 1 aliphatic heterocycles. The molecule has 0 spiro atoms. The number of aryl methyl sites for hydroxylation is 1. The minimum absolute atomic E-state index is 0.0629. The van der Waals surface area contributed by atoms with Crippen LogP contribution in [-0.2, 0) is 27.9 Å². The second-order valence-electron chi connectivity index (χ2n) is 8.95. The first-order valence-corrected chi connectivity index (χ1v) is 14.0. The molecule has 1 saturated heterocycles. The molecule has 0 bridgehead atoms. The minimum atomic E-state index is -4.09. The number of likely N-dealkylation sites (tertiary alicyclic amines) is 1. The molecule has 0 unspecified atom stereocenters. The highest BCUT2D eigenvalue weighted by atomic mass is 35.5. The van der Waals surface area contributed by atoms with Gasteiger partial charge in [0.25, 0.3) is 10.0 Å². The highest BCUT2D eigenvalue weighted by molar-refractivity contribution is 7.92. The maximum absolute atomic E-state index is 13.6. The zero-order chi connectivity index (χ0) is 25.7. The Morgan fingerprint density at radius 3 is 2.33 bits per heavy atom. The van der Waals surface area contributed by atoms with Crippen molar-refractivity contribution in [2.75, 3.05) is 23.9 Å². The van der Waals surface area contributed by atoms with Gasteiger partial charge < -0.3 is 5.32 Å². The summed E-state index contributed by atoms with van der Waals surface area (Å²) in [6.07, 6.45) is 2.41. The van der Waals surface area contributed by atoms with E-state index in [1.54, 1.807) is 18.2 Å². The molecule has 1 fully saturated rings. The fourth-order valence-corrected chi connectivity index (χ4v) is 6.13. The van der Waals surface area contributed by atoms with Crippen LogP contribution in [0.5, 0.6) is 0 Å². The second-order valence-corrected chi connectivity index (χ2v) is 11.7. The number of carbonyl (C=O) groups is 1. The first kappa shape index (κ1) is 26.5. The number of hydrogen-bond acceptors (Lipinski definition) is 4. The number of amides is 1. The Bertz CT molecular complexity index is 1320. The molecule has 36 heavy (non-hydrogen) atoms. The summed E-state index contributed by atoms with van der Waals surface area (Å²) >= 11 is 12.5. The first-order chi connectivity index (χ1) is 17.2. The number of rotatable bonds is 9. The number of carbonyl (C=O) groups excluding carboxylic acids is 1. The fraction of sp³-hybridized carbons (Fsp3) is 0.296. The maximum atomic E-state index is 13.6. The van der Waals surface area contributed by atoms with Gasteiger partial charge in [0, 0.05) is 18.1 Å². The average molecular weight is 547 g/mol. The van der Waals surface area contributed by atoms with Crippen LogP contribution < -0.4 is 9.62 Å². The lowest BCUT2D eigenvalue weighted by atomic mass is 10.1. The van der Waals surface area contributed by atoms with Crippen molar-refractivity contribution in [3.8, 4) is 0 Å². The maximum Gasteiger partial charge on any atom is 0.264 e. The van der Waals surface area contributed by atoms with Crippen molar-refractivity contribution in [1.29, 1.82) is 0 Å². The van der Waals surface area contributed by atoms with E-state index >= 15 is 0 Å². The largest absolute Gasteiger partial charge is 0.350 e. The van der Waals surface area contributed by atoms with Crippen molar-refractivity contribution >= 4 is 44.8 Å². The van der Waals surface area contributed by atoms with Gasteiger partial charge in [-0.25, -0.2) is 8.42 Å². The molecule has 1 heterocycles. The number of sulfonamides is 1. The number of nitrogens with one attached hydrogen (secondary N) is 1. The molecule has 6 nitrogen and oxygen atoms in total. The summed E-state index contributed by atoms with van der Waals surface area (Å²) in [6, 6.07) is 19.0. The zero-order valence-corrected chi connectivity index (χ0v) is 22.4. The van der Waals surface area contributed by atoms with Crippen molar-refractivity contribution in [2.45, 2.75) is 37.8 Å². The summed E-state index contributed by atoms with van der Waals surface area (Å²) in [6.45, 7) is 4.71. The van der Waals surface area contributed by atoms with E-state index in [1.165, 1.54) is 37.1 Å². The molecule has 9 heteroatoms. The summed E-state index contributed by atoms with van der Waals surface area (Å²) in [5.41, 5.74) is 3.23. The average Bonchev–Trinajstić information content (AvgIpc) is 3.37. The summed E-state index contributed by atoms with van der Waals surface area (Å²) in [7, 11) is -4.09. The molecule has 1 amide bonds. The van der Waals surface area contributed by atoms with Crippen LogP contribution in [0.1, 0.15) is 29.5 Å². The summed E-state index contributed by atoms with van der Waals surface area (Å²) in [5.74, 6) is -0.447. The lowest BCUT2D eigenvalue weighted by molar-refractivity contribution is -0.119. The van der Waals surface area contributed by atoms with E-state index in [-0.39, 0.29) is 15.6 Å². The third-order valence-corrected chi connectivity index (χ3v) is 8.59. The van der Waals surface area contributed by atoms with Gasteiger partial charge in [-0.15, -0.1) is 0 Å². The number of halogens is 2. The van der Waals surface area contributed by atoms with Gasteiger partial charge in [0.2, 0.25) is 5.91 Å². The van der Waals surface area contributed by atoms with Crippen LogP contribution in [0.3, 0.4) is 0 Å². The van der Waals surface area contributed by atoms with E-state index in [4.69, 9.17) is 23.2 Å². The van der Waals surface area contributed by atoms with Crippen molar-refractivity contribution < 1.29 is 13.2 Å². The van der Waals surface area contributed by atoms with Gasteiger partial charge in [-0.05, 0) is 74.3 Å². The zero-order valence-electron chi connectivity index (χ0n) is 20.1. The summed E-state index contributed by atoms with van der Waals surface area (Å²) < 4.78 is 28.2. The van der Waals surface area contributed by atoms with Crippen molar-refractivity contribution in [3.63, 3.8) is 0 Å². The van der Waals surface area contributed by atoms with E-state index in [0.29, 0.717) is 11.6 Å². The fourth-order valence-electron chi connectivity index (χ4n) is 4.26. The third-order valence-electron chi connectivity index (χ3n) is 6.26. The molecule has 3 aromatic carbocycles. The number of hydrogen-bond donors (Lipinski definition) is 1. The Hall–Kier alpha value is -2.58. The van der Waals surface area contributed by atoms with Crippen LogP contribution >= 0.6 is 23.2 Å².